The lowest BCUT2D eigenvalue weighted by Crippen LogP contribution is -1.97. The van der Waals surface area contributed by atoms with E-state index < -0.39 is 37.6 Å². The van der Waals surface area contributed by atoms with Crippen LogP contribution in [0, 0.1) is 51.1 Å². The zero-order valence-corrected chi connectivity index (χ0v) is 17.9. The van der Waals surface area contributed by atoms with Gasteiger partial charge in [0.25, 0.3) is 11.4 Å². The Balaban J connectivity index is 0.000000186. The van der Waals surface area contributed by atoms with Crippen molar-refractivity contribution in [2.24, 2.45) is 0 Å². The van der Waals surface area contributed by atoms with E-state index >= 15 is 0 Å². The lowest BCUT2D eigenvalue weighted by Gasteiger charge is -2.10. The monoisotopic (exact) mass is 449 g/mol. The summed E-state index contributed by atoms with van der Waals surface area (Å²) in [7, 11) is 0. The predicted molar refractivity (Wildman–Crippen MR) is 124 cm³/mol. The minimum Gasteiger partial charge on any atom is -0.497 e. The number of nitro benzene ring substituents is 3. The molecule has 0 amide bonds. The second-order valence-electron chi connectivity index (χ2n) is 7.44. The van der Waals surface area contributed by atoms with Crippen LogP contribution in [0.4, 0.5) is 17.1 Å². The molecular formula is C23H19N3O7. The molecule has 0 fully saturated rings. The average molecular weight is 449 g/mol. The molecule has 0 aliphatic rings. The fourth-order valence-electron chi connectivity index (χ4n) is 3.56. The van der Waals surface area contributed by atoms with E-state index in [1.807, 2.05) is 0 Å². The van der Waals surface area contributed by atoms with Crippen molar-refractivity contribution in [1.82, 2.24) is 0 Å². The van der Waals surface area contributed by atoms with Gasteiger partial charge in [-0.3, -0.25) is 30.3 Å². The Morgan fingerprint density at radius 3 is 1.70 bits per heavy atom. The molecule has 0 radical (unpaired) electrons. The van der Waals surface area contributed by atoms with Crippen LogP contribution in [0.3, 0.4) is 0 Å². The van der Waals surface area contributed by atoms with E-state index in [1.54, 1.807) is 0 Å². The number of aryl methyl sites for hydroxylation is 3. The van der Waals surface area contributed by atoms with Gasteiger partial charge < -0.3 is 5.11 Å². The van der Waals surface area contributed by atoms with Gasteiger partial charge in [0.05, 0.1) is 26.9 Å². The number of nitrogens with zero attached hydrogens (tertiary/aromatic N) is 3. The summed E-state index contributed by atoms with van der Waals surface area (Å²) in [5.41, 5.74) is 1.11. The summed E-state index contributed by atoms with van der Waals surface area (Å²) in [4.78, 5) is 27.8. The summed E-state index contributed by atoms with van der Waals surface area (Å²) in [6.45, 7) is 6.56. The summed E-state index contributed by atoms with van der Waals surface area (Å²) in [6, 6.07) is 16.4. The number of nitro groups is 3. The summed E-state index contributed by atoms with van der Waals surface area (Å²) in [5, 5.41) is 45.7. The van der Waals surface area contributed by atoms with Crippen molar-refractivity contribution < 1.29 is 19.9 Å². The zero-order chi connectivity index (χ0) is 24.4. The van der Waals surface area contributed by atoms with Crippen molar-refractivity contribution in [3.05, 3.63) is 102 Å². The van der Waals surface area contributed by atoms with Crippen molar-refractivity contribution in [3.8, 4) is 5.75 Å². The van der Waals surface area contributed by atoms with Gasteiger partial charge in [-0.2, -0.15) is 0 Å². The zero-order valence-electron chi connectivity index (χ0n) is 17.9. The van der Waals surface area contributed by atoms with Crippen molar-refractivity contribution in [3.63, 3.8) is 0 Å². The van der Waals surface area contributed by atoms with Crippen LogP contribution < -0.4 is 0 Å². The summed E-state index contributed by atoms with van der Waals surface area (Å²) in [6.07, 6.45) is 0. The number of phenolic OH excluding ortho intramolecular Hbond substituents is 1. The van der Waals surface area contributed by atoms with E-state index in [0.29, 0.717) is 12.1 Å². The fraction of sp³-hybridized carbons (Fsp3) is 0.130. The van der Waals surface area contributed by atoms with E-state index in [0.717, 1.165) is 0 Å². The highest BCUT2D eigenvalue weighted by Gasteiger charge is 2.30. The van der Waals surface area contributed by atoms with Crippen LogP contribution in [0.2, 0.25) is 0 Å². The number of hydrogen-bond donors (Lipinski definition) is 1. The smallest absolute Gasteiger partial charge is 0.324 e. The molecule has 4 aromatic carbocycles. The molecule has 10 nitrogen and oxygen atoms in total. The molecule has 4 aromatic rings. The van der Waals surface area contributed by atoms with Crippen LogP contribution in [0.15, 0.2) is 54.6 Å². The largest absolute Gasteiger partial charge is 0.497 e. The standard InChI is InChI=1S/C17H16.C6H3N3O7/c1-11-7-8-17-15(13(11)3)10-9-14-12(2)5-4-6-16(14)17;10-6-4(8(13)14)1-3(7(11)12)2-5(6)9(15)16/h4-10H,1-3H3;1-2,10H. The van der Waals surface area contributed by atoms with Crippen molar-refractivity contribution in [2.45, 2.75) is 20.8 Å². The van der Waals surface area contributed by atoms with E-state index in [4.69, 9.17) is 5.11 Å². The number of fused-ring (bicyclic) bond motifs is 3. The highest BCUT2D eigenvalue weighted by molar-refractivity contribution is 6.09. The Morgan fingerprint density at radius 1 is 0.636 bits per heavy atom. The SMILES string of the molecule is Cc1ccc2c(ccc3c(C)cccc32)c1C.O=[N+]([O-])c1cc([N+](=O)[O-])c(O)c([N+](=O)[O-])c1. The lowest BCUT2D eigenvalue weighted by atomic mass is 9.95. The molecular weight excluding hydrogens is 430 g/mol. The number of rotatable bonds is 3. The van der Waals surface area contributed by atoms with Crippen LogP contribution in [-0.2, 0) is 0 Å². The van der Waals surface area contributed by atoms with Gasteiger partial charge in [0.15, 0.2) is 0 Å². The summed E-state index contributed by atoms with van der Waals surface area (Å²) in [5.74, 6) is -1.21. The maximum Gasteiger partial charge on any atom is 0.324 e. The Labute approximate surface area is 187 Å². The molecule has 168 valence electrons. The van der Waals surface area contributed by atoms with Crippen LogP contribution in [-0.4, -0.2) is 19.9 Å². The first-order valence-electron chi connectivity index (χ1n) is 9.71. The first-order chi connectivity index (χ1) is 15.5. The summed E-state index contributed by atoms with van der Waals surface area (Å²) >= 11 is 0. The number of phenols is 1. The minimum absolute atomic E-state index is 0.447. The minimum atomic E-state index is -1.21. The number of aromatic hydroxyl groups is 1. The van der Waals surface area contributed by atoms with Gasteiger partial charge in [0, 0.05) is 0 Å². The molecule has 0 heterocycles. The molecule has 0 aromatic heterocycles. The molecule has 0 bridgehead atoms. The van der Waals surface area contributed by atoms with Gasteiger partial charge in [0.1, 0.15) is 0 Å². The third kappa shape index (κ3) is 4.40. The van der Waals surface area contributed by atoms with Gasteiger partial charge in [-0.25, -0.2) is 0 Å². The quantitative estimate of drug-likeness (QED) is 0.228. The number of hydrogen-bond acceptors (Lipinski definition) is 7. The molecule has 0 atom stereocenters. The molecule has 1 N–H and O–H groups in total. The number of benzene rings is 4. The van der Waals surface area contributed by atoms with Crippen LogP contribution in [0.1, 0.15) is 16.7 Å². The normalized spacial score (nSPS) is 10.5. The molecule has 0 saturated heterocycles. The predicted octanol–water partition coefficient (Wildman–Crippen LogP) is 6.04. The molecule has 0 aliphatic carbocycles. The second-order valence-corrected chi connectivity index (χ2v) is 7.44. The van der Waals surface area contributed by atoms with Gasteiger partial charge in [0.2, 0.25) is 0 Å². The van der Waals surface area contributed by atoms with Crippen molar-refractivity contribution >= 4 is 38.6 Å². The Bertz CT molecular complexity index is 1410. The Hall–Kier alpha value is -4.60. The first kappa shape index (κ1) is 23.1. The Morgan fingerprint density at radius 2 is 1.15 bits per heavy atom. The van der Waals surface area contributed by atoms with Crippen LogP contribution in [0.25, 0.3) is 21.5 Å². The third-order valence-electron chi connectivity index (χ3n) is 5.48. The molecule has 0 spiro atoms. The van der Waals surface area contributed by atoms with Gasteiger partial charge >= 0.3 is 11.4 Å². The van der Waals surface area contributed by atoms with Crippen LogP contribution in [0.5, 0.6) is 5.75 Å². The molecule has 33 heavy (non-hydrogen) atoms. The van der Waals surface area contributed by atoms with Crippen molar-refractivity contribution in [2.75, 3.05) is 0 Å². The highest BCUT2D eigenvalue weighted by Crippen LogP contribution is 2.39. The van der Waals surface area contributed by atoms with Gasteiger partial charge in [-0.1, -0.05) is 42.5 Å². The van der Waals surface area contributed by atoms with Crippen molar-refractivity contribution in [1.29, 1.82) is 0 Å². The first-order valence-corrected chi connectivity index (χ1v) is 9.71. The topological polar surface area (TPSA) is 150 Å². The van der Waals surface area contributed by atoms with Crippen LogP contribution >= 0.6 is 0 Å². The lowest BCUT2D eigenvalue weighted by molar-refractivity contribution is -0.404. The molecule has 0 unspecified atom stereocenters. The van der Waals surface area contributed by atoms with E-state index in [2.05, 4.69) is 63.2 Å². The van der Waals surface area contributed by atoms with Gasteiger partial charge in [-0.15, -0.1) is 0 Å². The molecule has 0 aliphatic heterocycles. The molecule has 4 rings (SSSR count). The highest BCUT2D eigenvalue weighted by atomic mass is 16.6. The summed E-state index contributed by atoms with van der Waals surface area (Å²) < 4.78 is 0. The van der Waals surface area contributed by atoms with E-state index in [1.165, 1.54) is 38.2 Å². The average Bonchev–Trinajstić information content (AvgIpc) is 2.76. The Kier molecular flexibility index (Phi) is 6.20. The molecule has 0 saturated carbocycles. The number of non-ortho nitro benzene ring substituents is 1. The fourth-order valence-corrected chi connectivity index (χ4v) is 3.56. The third-order valence-corrected chi connectivity index (χ3v) is 5.48. The maximum atomic E-state index is 10.4. The second kappa shape index (κ2) is 8.87. The van der Waals surface area contributed by atoms with Gasteiger partial charge in [-0.05, 0) is 59.0 Å². The van der Waals surface area contributed by atoms with E-state index in [-0.39, 0.29) is 0 Å². The maximum absolute atomic E-state index is 10.4. The molecule has 10 heteroatoms. The van der Waals surface area contributed by atoms with E-state index in [9.17, 15) is 30.3 Å².